The molecule has 38 heavy (non-hydrogen) atoms. The van der Waals surface area contributed by atoms with E-state index in [2.05, 4.69) is 42.0 Å². The van der Waals surface area contributed by atoms with E-state index in [9.17, 15) is 9.59 Å². The van der Waals surface area contributed by atoms with E-state index < -0.39 is 5.56 Å². The topological polar surface area (TPSA) is 129 Å². The molecule has 194 valence electrons. The van der Waals surface area contributed by atoms with Crippen molar-refractivity contribution < 1.29 is 9.90 Å². The molecule has 0 aliphatic carbocycles. The Morgan fingerprint density at radius 2 is 1.82 bits per heavy atom. The number of fused-ring (bicyclic) bond motifs is 1. The second-order valence-electron chi connectivity index (χ2n) is 8.82. The van der Waals surface area contributed by atoms with Gasteiger partial charge < -0.3 is 20.6 Å². The summed E-state index contributed by atoms with van der Waals surface area (Å²) in [5.74, 6) is 0.00663. The fourth-order valence-electron chi connectivity index (χ4n) is 4.37. The highest BCUT2D eigenvalue weighted by molar-refractivity contribution is 5.99. The van der Waals surface area contributed by atoms with Crippen LogP contribution in [0.2, 0.25) is 0 Å². The molecule has 1 fully saturated rings. The summed E-state index contributed by atoms with van der Waals surface area (Å²) in [4.78, 5) is 41.6. The van der Waals surface area contributed by atoms with E-state index in [1.54, 1.807) is 22.8 Å². The van der Waals surface area contributed by atoms with Gasteiger partial charge in [-0.05, 0) is 48.5 Å². The number of amides is 1. The average Bonchev–Trinajstić information content (AvgIpc) is 2.94. The fourth-order valence-corrected chi connectivity index (χ4v) is 4.37. The molecular weight excluding hydrogens is 484 g/mol. The van der Waals surface area contributed by atoms with Gasteiger partial charge in [-0.2, -0.15) is 9.97 Å². The van der Waals surface area contributed by atoms with E-state index in [-0.39, 0.29) is 17.9 Å². The van der Waals surface area contributed by atoms with E-state index in [0.29, 0.717) is 29.5 Å². The number of nitrogens with zero attached hydrogens (tertiary/aromatic N) is 6. The van der Waals surface area contributed by atoms with Crippen LogP contribution in [0.3, 0.4) is 0 Å². The zero-order valence-corrected chi connectivity index (χ0v) is 20.7. The van der Waals surface area contributed by atoms with E-state index >= 15 is 0 Å². The number of aliphatic hydroxyl groups is 1. The van der Waals surface area contributed by atoms with Crippen LogP contribution in [0.15, 0.2) is 78.5 Å². The third-order valence-electron chi connectivity index (χ3n) is 6.37. The third-order valence-corrected chi connectivity index (χ3v) is 6.37. The Kier molecular flexibility index (Phi) is 7.38. The Labute approximate surface area is 219 Å². The highest BCUT2D eigenvalue weighted by atomic mass is 16.3. The van der Waals surface area contributed by atoms with Gasteiger partial charge in [0.1, 0.15) is 11.7 Å². The average molecular weight is 513 g/mol. The number of nitrogens with one attached hydrogen (secondary N) is 2. The third kappa shape index (κ3) is 5.53. The molecule has 0 spiro atoms. The maximum absolute atomic E-state index is 12.4. The minimum atomic E-state index is -0.428. The summed E-state index contributed by atoms with van der Waals surface area (Å²) >= 11 is 0. The molecule has 2 aromatic carbocycles. The molecule has 0 radical (unpaired) electrons. The number of carbonyl (C=O) groups excluding carboxylic acids is 1. The first-order chi connectivity index (χ1) is 18.5. The largest absolute Gasteiger partial charge is 0.395 e. The molecule has 1 aliphatic heterocycles. The molecule has 11 heteroatoms. The van der Waals surface area contributed by atoms with Gasteiger partial charge in [0.25, 0.3) is 5.56 Å². The van der Waals surface area contributed by atoms with Crippen LogP contribution in [0, 0.1) is 0 Å². The van der Waals surface area contributed by atoms with Gasteiger partial charge in [-0.3, -0.25) is 19.1 Å². The lowest BCUT2D eigenvalue weighted by molar-refractivity contribution is -0.111. The number of rotatable bonds is 8. The van der Waals surface area contributed by atoms with Crippen molar-refractivity contribution in [2.75, 3.05) is 54.9 Å². The number of piperazine rings is 1. The lowest BCUT2D eigenvalue weighted by Crippen LogP contribution is -2.47. The number of aromatic nitrogens is 4. The monoisotopic (exact) mass is 512 g/mol. The van der Waals surface area contributed by atoms with Crippen molar-refractivity contribution in [1.29, 1.82) is 0 Å². The highest BCUT2D eigenvalue weighted by Gasteiger charge is 2.17. The molecule has 2 aromatic heterocycles. The first-order valence-electron chi connectivity index (χ1n) is 12.3. The number of carbonyl (C=O) groups is 1. The minimum Gasteiger partial charge on any atom is -0.395 e. The van der Waals surface area contributed by atoms with Gasteiger partial charge in [-0.25, -0.2) is 4.98 Å². The SMILES string of the molecule is C=CC(=O)Nc1cccc(-n2cnc(=O)c3cnc(Nc4ccc(N5CCN(CCO)CC5)cc4)nc32)c1. The predicted molar refractivity (Wildman–Crippen MR) is 147 cm³/mol. The van der Waals surface area contributed by atoms with Crippen LogP contribution < -0.4 is 21.1 Å². The van der Waals surface area contributed by atoms with Gasteiger partial charge >= 0.3 is 0 Å². The van der Waals surface area contributed by atoms with E-state index in [4.69, 9.17) is 5.11 Å². The Morgan fingerprint density at radius 1 is 1.03 bits per heavy atom. The fraction of sp³-hybridized carbons (Fsp3) is 0.222. The summed E-state index contributed by atoms with van der Waals surface area (Å²) in [5.41, 5.74) is 3.12. The molecule has 3 N–H and O–H groups in total. The summed E-state index contributed by atoms with van der Waals surface area (Å²) in [6.07, 6.45) is 4.06. The maximum atomic E-state index is 12.4. The van der Waals surface area contributed by atoms with Gasteiger partial charge in [0, 0.05) is 56.0 Å². The molecule has 3 heterocycles. The highest BCUT2D eigenvalue weighted by Crippen LogP contribution is 2.23. The molecule has 0 bridgehead atoms. The van der Waals surface area contributed by atoms with Crippen molar-refractivity contribution in [3.05, 3.63) is 84.1 Å². The second kappa shape index (κ2) is 11.2. The molecule has 0 atom stereocenters. The number of benzene rings is 2. The van der Waals surface area contributed by atoms with Crippen molar-refractivity contribution in [2.45, 2.75) is 0 Å². The van der Waals surface area contributed by atoms with Crippen molar-refractivity contribution >= 4 is 40.0 Å². The molecule has 5 rings (SSSR count). The van der Waals surface area contributed by atoms with Gasteiger partial charge in [0.15, 0.2) is 5.65 Å². The van der Waals surface area contributed by atoms with Crippen molar-refractivity contribution in [3.63, 3.8) is 0 Å². The molecular formula is C27H28N8O3. The number of aliphatic hydroxyl groups excluding tert-OH is 1. The smallest absolute Gasteiger partial charge is 0.283 e. The van der Waals surface area contributed by atoms with Crippen molar-refractivity contribution in [3.8, 4) is 5.69 Å². The molecule has 1 amide bonds. The standard InChI is InChI=1S/C27H28N8O3/c1-2-24(37)30-20-4-3-5-22(16-20)35-18-29-26(38)23-17-28-27(32-25(23)35)31-19-6-8-21(9-7-19)34-12-10-33(11-13-34)14-15-36/h2-9,16-18,36H,1,10-15H2,(H,30,37)(H,28,31,32). The summed E-state index contributed by atoms with van der Waals surface area (Å²) in [6, 6.07) is 15.2. The quantitative estimate of drug-likeness (QED) is 0.304. The maximum Gasteiger partial charge on any atom is 0.283 e. The molecule has 0 saturated carbocycles. The van der Waals surface area contributed by atoms with E-state index in [1.165, 1.54) is 18.6 Å². The first kappa shape index (κ1) is 25.1. The summed E-state index contributed by atoms with van der Waals surface area (Å²) in [6.45, 7) is 8.03. The number of β-amino-alcohol motifs (C(OH)–C–C–N with tert-alkyl or cyclic N) is 1. The second-order valence-corrected chi connectivity index (χ2v) is 8.82. The van der Waals surface area contributed by atoms with Gasteiger partial charge in [0.05, 0.1) is 12.3 Å². The Morgan fingerprint density at radius 3 is 2.55 bits per heavy atom. The normalized spacial score (nSPS) is 13.9. The van der Waals surface area contributed by atoms with Crippen molar-refractivity contribution in [2.24, 2.45) is 0 Å². The van der Waals surface area contributed by atoms with Gasteiger partial charge in [-0.1, -0.05) is 12.6 Å². The summed E-state index contributed by atoms with van der Waals surface area (Å²) in [7, 11) is 0. The summed E-state index contributed by atoms with van der Waals surface area (Å²) < 4.78 is 1.67. The van der Waals surface area contributed by atoms with E-state index in [0.717, 1.165) is 37.6 Å². The first-order valence-corrected chi connectivity index (χ1v) is 12.3. The lowest BCUT2D eigenvalue weighted by atomic mass is 10.2. The number of hydrogen-bond donors (Lipinski definition) is 3. The van der Waals surface area contributed by atoms with Crippen LogP contribution in [0.25, 0.3) is 16.7 Å². The van der Waals surface area contributed by atoms with Gasteiger partial charge in [0.2, 0.25) is 11.9 Å². The lowest BCUT2D eigenvalue weighted by Gasteiger charge is -2.35. The summed E-state index contributed by atoms with van der Waals surface area (Å²) in [5, 5.41) is 15.4. The number of hydrogen-bond acceptors (Lipinski definition) is 9. The molecule has 11 nitrogen and oxygen atoms in total. The Balaban J connectivity index is 1.37. The molecule has 4 aromatic rings. The zero-order valence-electron chi connectivity index (χ0n) is 20.7. The van der Waals surface area contributed by atoms with E-state index in [1.807, 2.05) is 30.3 Å². The van der Waals surface area contributed by atoms with Crippen LogP contribution in [-0.2, 0) is 4.79 Å². The minimum absolute atomic E-state index is 0.185. The Hall–Kier alpha value is -4.61. The predicted octanol–water partition coefficient (Wildman–Crippen LogP) is 2.16. The van der Waals surface area contributed by atoms with Crippen molar-refractivity contribution in [1.82, 2.24) is 24.4 Å². The number of anilines is 4. The Bertz CT molecular complexity index is 1510. The van der Waals surface area contributed by atoms with Crippen LogP contribution in [-0.4, -0.2) is 74.8 Å². The van der Waals surface area contributed by atoms with Crippen LogP contribution >= 0.6 is 0 Å². The zero-order chi connectivity index (χ0) is 26.5. The van der Waals surface area contributed by atoms with Gasteiger partial charge in [-0.15, -0.1) is 0 Å². The van der Waals surface area contributed by atoms with Crippen LogP contribution in [0.5, 0.6) is 0 Å². The molecule has 1 aliphatic rings. The molecule has 0 unspecified atom stereocenters. The molecule has 1 saturated heterocycles. The van der Waals surface area contributed by atoms with Crippen LogP contribution in [0.4, 0.5) is 23.0 Å². The van der Waals surface area contributed by atoms with Crippen LogP contribution in [0.1, 0.15) is 0 Å².